The van der Waals surface area contributed by atoms with Crippen molar-refractivity contribution in [2.75, 3.05) is 13.1 Å². The summed E-state index contributed by atoms with van der Waals surface area (Å²) >= 11 is 3.64. The minimum atomic E-state index is 0.206. The van der Waals surface area contributed by atoms with Crippen LogP contribution in [-0.4, -0.2) is 19.0 Å². The Morgan fingerprint density at radius 3 is 2.79 bits per heavy atom. The Bertz CT molecular complexity index is 452. The monoisotopic (exact) mass is 323 g/mol. The molecule has 0 aliphatic heterocycles. The van der Waals surface area contributed by atoms with Crippen LogP contribution in [0.2, 0.25) is 0 Å². The number of unbranched alkanes of at least 4 members (excludes halogenated alkanes) is 1. The number of hydrogen-bond acceptors (Lipinski definition) is 1. The van der Waals surface area contributed by atoms with Gasteiger partial charge in [0.2, 0.25) is 0 Å². The Labute approximate surface area is 123 Å². The molecule has 2 rings (SSSR count). The molecule has 0 unspecified atom stereocenters. The summed E-state index contributed by atoms with van der Waals surface area (Å²) in [5, 5.41) is 3.17. The zero-order valence-electron chi connectivity index (χ0n) is 11.5. The second-order valence-corrected chi connectivity index (χ2v) is 6.10. The van der Waals surface area contributed by atoms with Gasteiger partial charge in [0.25, 0.3) is 0 Å². The first-order valence-corrected chi connectivity index (χ1v) is 7.76. The van der Waals surface area contributed by atoms with E-state index in [2.05, 4.69) is 51.4 Å². The number of benzene rings is 1. The van der Waals surface area contributed by atoms with Crippen LogP contribution in [0.3, 0.4) is 0 Å². The maximum atomic E-state index is 5.89. The number of halogens is 1. The summed E-state index contributed by atoms with van der Waals surface area (Å²) in [7, 11) is 0. The topological polar surface area (TPSA) is 50.4 Å². The predicted octanol–water partition coefficient (Wildman–Crippen LogP) is 3.19. The van der Waals surface area contributed by atoms with Gasteiger partial charge in [0, 0.05) is 16.4 Å². The predicted molar refractivity (Wildman–Crippen MR) is 84.5 cm³/mol. The van der Waals surface area contributed by atoms with Crippen LogP contribution >= 0.6 is 15.9 Å². The fourth-order valence-electron chi connectivity index (χ4n) is 2.24. The van der Waals surface area contributed by atoms with Gasteiger partial charge < -0.3 is 11.1 Å². The quantitative estimate of drug-likeness (QED) is 0.480. The fourth-order valence-corrected chi connectivity index (χ4v) is 2.95. The highest BCUT2D eigenvalue weighted by Gasteiger charge is 2.45. The summed E-state index contributed by atoms with van der Waals surface area (Å²) in [5.41, 5.74) is 7.46. The van der Waals surface area contributed by atoms with Crippen LogP contribution in [-0.2, 0) is 5.41 Å². The minimum Gasteiger partial charge on any atom is -0.370 e. The van der Waals surface area contributed by atoms with E-state index < -0.39 is 0 Å². The molecule has 104 valence electrons. The van der Waals surface area contributed by atoms with Crippen molar-refractivity contribution in [3.05, 3.63) is 34.3 Å². The van der Waals surface area contributed by atoms with E-state index in [0.717, 1.165) is 19.5 Å². The molecule has 0 saturated heterocycles. The van der Waals surface area contributed by atoms with Crippen molar-refractivity contribution in [1.29, 1.82) is 0 Å². The lowest BCUT2D eigenvalue weighted by Gasteiger charge is -2.15. The van der Waals surface area contributed by atoms with Gasteiger partial charge in [-0.2, -0.15) is 0 Å². The van der Waals surface area contributed by atoms with Crippen molar-refractivity contribution in [3.63, 3.8) is 0 Å². The number of aliphatic imine (C=N–C) groups is 1. The van der Waals surface area contributed by atoms with Crippen LogP contribution in [0.1, 0.15) is 38.2 Å². The van der Waals surface area contributed by atoms with Crippen LogP contribution in [0.5, 0.6) is 0 Å². The van der Waals surface area contributed by atoms with Crippen LogP contribution < -0.4 is 11.1 Å². The molecule has 19 heavy (non-hydrogen) atoms. The highest BCUT2D eigenvalue weighted by atomic mass is 79.9. The second kappa shape index (κ2) is 6.42. The smallest absolute Gasteiger partial charge is 0.188 e. The summed E-state index contributed by atoms with van der Waals surface area (Å²) in [6.07, 6.45) is 4.69. The third-order valence-corrected chi connectivity index (χ3v) is 4.38. The Hall–Kier alpha value is -1.03. The number of nitrogens with zero attached hydrogens (tertiary/aromatic N) is 1. The molecule has 3 nitrogen and oxygen atoms in total. The summed E-state index contributed by atoms with van der Waals surface area (Å²) in [6, 6.07) is 8.43. The molecule has 1 aliphatic rings. The fraction of sp³-hybridized carbons (Fsp3) is 0.533. The van der Waals surface area contributed by atoms with Crippen molar-refractivity contribution in [1.82, 2.24) is 5.32 Å². The van der Waals surface area contributed by atoms with Gasteiger partial charge in [0.05, 0.1) is 6.54 Å². The number of nitrogens with one attached hydrogen (secondary N) is 1. The summed E-state index contributed by atoms with van der Waals surface area (Å²) < 4.78 is 1.18. The molecule has 0 heterocycles. The van der Waals surface area contributed by atoms with E-state index in [-0.39, 0.29) is 5.41 Å². The molecule has 0 atom stereocenters. The second-order valence-electron chi connectivity index (χ2n) is 5.24. The van der Waals surface area contributed by atoms with Crippen molar-refractivity contribution < 1.29 is 0 Å². The molecule has 0 amide bonds. The van der Waals surface area contributed by atoms with Gasteiger partial charge in [0.1, 0.15) is 0 Å². The lowest BCUT2D eigenvalue weighted by molar-refractivity contribution is 0.691. The molecule has 0 aromatic heterocycles. The molecule has 4 heteroatoms. The number of nitrogens with two attached hydrogens (primary N) is 1. The summed E-state index contributed by atoms with van der Waals surface area (Å²) in [4.78, 5) is 4.51. The molecule has 1 aromatic carbocycles. The van der Waals surface area contributed by atoms with E-state index in [4.69, 9.17) is 5.73 Å². The summed E-state index contributed by atoms with van der Waals surface area (Å²) in [6.45, 7) is 3.86. The summed E-state index contributed by atoms with van der Waals surface area (Å²) in [5.74, 6) is 0.576. The van der Waals surface area contributed by atoms with E-state index >= 15 is 0 Å². The first-order chi connectivity index (χ1) is 9.18. The van der Waals surface area contributed by atoms with Crippen LogP contribution in [0.25, 0.3) is 0 Å². The molecule has 1 aliphatic carbocycles. The van der Waals surface area contributed by atoms with E-state index in [0.29, 0.717) is 5.96 Å². The Morgan fingerprint density at radius 2 is 2.16 bits per heavy atom. The van der Waals surface area contributed by atoms with E-state index in [1.54, 1.807) is 0 Å². The van der Waals surface area contributed by atoms with Gasteiger partial charge >= 0.3 is 0 Å². The van der Waals surface area contributed by atoms with Gasteiger partial charge in [-0.25, -0.2) is 0 Å². The van der Waals surface area contributed by atoms with Crippen molar-refractivity contribution >= 4 is 21.9 Å². The highest BCUT2D eigenvalue weighted by molar-refractivity contribution is 9.10. The van der Waals surface area contributed by atoms with Gasteiger partial charge in [0.15, 0.2) is 5.96 Å². The van der Waals surface area contributed by atoms with Crippen molar-refractivity contribution in [2.45, 2.75) is 38.0 Å². The van der Waals surface area contributed by atoms with Gasteiger partial charge in [-0.1, -0.05) is 47.5 Å². The lowest BCUT2D eigenvalue weighted by atomic mass is 9.96. The maximum absolute atomic E-state index is 5.89. The van der Waals surface area contributed by atoms with E-state index in [1.165, 1.54) is 29.3 Å². The zero-order valence-corrected chi connectivity index (χ0v) is 13.0. The third kappa shape index (κ3) is 3.72. The average molecular weight is 324 g/mol. The molecule has 0 spiro atoms. The molecule has 1 saturated carbocycles. The largest absolute Gasteiger partial charge is 0.370 e. The molecule has 0 bridgehead atoms. The van der Waals surface area contributed by atoms with E-state index in [1.807, 2.05) is 6.07 Å². The number of hydrogen-bond donors (Lipinski definition) is 2. The molecule has 1 fully saturated rings. The number of rotatable bonds is 6. The van der Waals surface area contributed by atoms with Gasteiger partial charge in [-0.3, -0.25) is 4.99 Å². The number of guanidine groups is 1. The SMILES string of the molecule is CCCCNC(N)=NCC1(c2ccccc2Br)CC1. The zero-order chi connectivity index (χ0) is 13.7. The molecule has 0 radical (unpaired) electrons. The first-order valence-electron chi connectivity index (χ1n) is 6.97. The van der Waals surface area contributed by atoms with Crippen LogP contribution in [0.15, 0.2) is 33.7 Å². The molecular weight excluding hydrogens is 302 g/mol. The third-order valence-electron chi connectivity index (χ3n) is 3.69. The first kappa shape index (κ1) is 14.4. The highest BCUT2D eigenvalue weighted by Crippen LogP contribution is 2.50. The average Bonchev–Trinajstić information content (AvgIpc) is 3.18. The van der Waals surface area contributed by atoms with Crippen molar-refractivity contribution in [3.8, 4) is 0 Å². The standard InChI is InChI=1S/C15H22BrN3/c1-2-3-10-18-14(17)19-11-15(8-9-15)12-6-4-5-7-13(12)16/h4-7H,2-3,8-11H2,1H3,(H3,17,18,19). The Kier molecular flexibility index (Phi) is 4.86. The molecule has 1 aromatic rings. The minimum absolute atomic E-state index is 0.206. The van der Waals surface area contributed by atoms with Gasteiger partial charge in [-0.15, -0.1) is 0 Å². The Balaban J connectivity index is 1.95. The molecule has 3 N–H and O–H groups in total. The normalized spacial score (nSPS) is 17.3. The lowest BCUT2D eigenvalue weighted by Crippen LogP contribution is -2.33. The van der Waals surface area contributed by atoms with Crippen LogP contribution in [0.4, 0.5) is 0 Å². The van der Waals surface area contributed by atoms with Crippen LogP contribution in [0, 0.1) is 0 Å². The molecular formula is C15H22BrN3. The van der Waals surface area contributed by atoms with E-state index in [9.17, 15) is 0 Å². The van der Waals surface area contributed by atoms with Gasteiger partial charge in [-0.05, 0) is 30.9 Å². The Morgan fingerprint density at radius 1 is 1.42 bits per heavy atom. The van der Waals surface area contributed by atoms with Crippen molar-refractivity contribution in [2.24, 2.45) is 10.7 Å². The maximum Gasteiger partial charge on any atom is 0.188 e.